The van der Waals surface area contributed by atoms with E-state index in [1.165, 1.54) is 0 Å². The van der Waals surface area contributed by atoms with Gasteiger partial charge in [-0.15, -0.1) is 0 Å². The fraction of sp³-hybridized carbons (Fsp3) is 0.462. The minimum Gasteiger partial charge on any atom is -0.341 e. The van der Waals surface area contributed by atoms with Gasteiger partial charge in [-0.2, -0.15) is 0 Å². The van der Waals surface area contributed by atoms with Crippen LogP contribution in [0, 0.1) is 0 Å². The van der Waals surface area contributed by atoms with E-state index < -0.39 is 11.9 Å². The molecule has 1 unspecified atom stereocenters. The first-order valence-corrected chi connectivity index (χ1v) is 6.59. The second-order valence-electron chi connectivity index (χ2n) is 4.05. The van der Waals surface area contributed by atoms with E-state index in [9.17, 15) is 9.59 Å². The van der Waals surface area contributed by atoms with Crippen molar-refractivity contribution in [3.8, 4) is 0 Å². The van der Waals surface area contributed by atoms with Gasteiger partial charge >= 0.3 is 0 Å². The molecule has 0 saturated heterocycles. The largest absolute Gasteiger partial charge is 0.341 e. The zero-order valence-corrected chi connectivity index (χ0v) is 12.1. The molecule has 1 heterocycles. The Labute approximate surface area is 118 Å². The lowest BCUT2D eigenvalue weighted by atomic mass is 10.2. The van der Waals surface area contributed by atoms with Crippen molar-refractivity contribution in [1.82, 2.24) is 15.2 Å². The highest BCUT2D eigenvalue weighted by Gasteiger charge is 2.20. The van der Waals surface area contributed by atoms with Crippen molar-refractivity contribution in [2.24, 2.45) is 0 Å². The number of nitrogens with one attached hydrogen (secondary N) is 1. The van der Waals surface area contributed by atoms with Crippen LogP contribution >= 0.6 is 11.6 Å². The van der Waals surface area contributed by atoms with Crippen molar-refractivity contribution in [1.29, 1.82) is 0 Å². The predicted octanol–water partition coefficient (Wildman–Crippen LogP) is 1.72. The minimum absolute atomic E-state index is 0.111. The molecule has 104 valence electrons. The molecule has 19 heavy (non-hydrogen) atoms. The molecule has 0 spiro atoms. The van der Waals surface area contributed by atoms with Crippen LogP contribution in [0.5, 0.6) is 0 Å². The van der Waals surface area contributed by atoms with Gasteiger partial charge in [-0.3, -0.25) is 9.59 Å². The molecule has 0 saturated carbocycles. The molecular weight excluding hydrogens is 266 g/mol. The Hall–Kier alpha value is -1.62. The van der Waals surface area contributed by atoms with Gasteiger partial charge in [0.15, 0.2) is 0 Å². The van der Waals surface area contributed by atoms with Crippen LogP contribution in [0.4, 0.5) is 0 Å². The molecule has 0 aliphatic heterocycles. The van der Waals surface area contributed by atoms with Gasteiger partial charge in [0.2, 0.25) is 5.91 Å². The number of hydrogen-bond donors (Lipinski definition) is 1. The van der Waals surface area contributed by atoms with Crippen molar-refractivity contribution < 1.29 is 9.59 Å². The van der Waals surface area contributed by atoms with E-state index in [1.807, 2.05) is 13.8 Å². The summed E-state index contributed by atoms with van der Waals surface area (Å²) in [6.45, 7) is 6.68. The first-order chi connectivity index (χ1) is 8.99. The second-order valence-corrected chi connectivity index (χ2v) is 4.44. The Kier molecular flexibility index (Phi) is 5.76. The fourth-order valence-electron chi connectivity index (χ4n) is 1.68. The summed E-state index contributed by atoms with van der Waals surface area (Å²) in [7, 11) is 0. The van der Waals surface area contributed by atoms with Crippen LogP contribution in [0.15, 0.2) is 18.2 Å². The fourth-order valence-corrected chi connectivity index (χ4v) is 1.84. The maximum absolute atomic E-state index is 12.0. The summed E-state index contributed by atoms with van der Waals surface area (Å²) < 4.78 is 0. The van der Waals surface area contributed by atoms with Gasteiger partial charge in [-0.05, 0) is 32.9 Å². The highest BCUT2D eigenvalue weighted by Crippen LogP contribution is 2.05. The Morgan fingerprint density at radius 1 is 1.37 bits per heavy atom. The van der Waals surface area contributed by atoms with Crippen LogP contribution in [-0.4, -0.2) is 40.8 Å². The number of hydrogen-bond acceptors (Lipinski definition) is 3. The minimum atomic E-state index is -0.590. The first kappa shape index (κ1) is 15.4. The maximum atomic E-state index is 12.0. The van der Waals surface area contributed by atoms with Crippen molar-refractivity contribution in [3.05, 3.63) is 29.0 Å². The Morgan fingerprint density at radius 3 is 2.53 bits per heavy atom. The number of carbonyl (C=O) groups excluding carboxylic acids is 2. The average Bonchev–Trinajstić information content (AvgIpc) is 2.39. The summed E-state index contributed by atoms with van der Waals surface area (Å²) in [6, 6.07) is 4.19. The molecule has 1 aromatic heterocycles. The van der Waals surface area contributed by atoms with Gasteiger partial charge in [-0.25, -0.2) is 4.98 Å². The molecule has 1 atom stereocenters. The molecule has 0 bridgehead atoms. The quantitative estimate of drug-likeness (QED) is 0.837. The van der Waals surface area contributed by atoms with Crippen LogP contribution in [0.1, 0.15) is 31.3 Å². The molecule has 0 aliphatic carbocycles. The molecule has 1 N–H and O–H groups in total. The summed E-state index contributed by atoms with van der Waals surface area (Å²) in [5.74, 6) is -0.518. The molecule has 1 rings (SSSR count). The molecule has 5 nitrogen and oxygen atoms in total. The molecule has 0 fully saturated rings. The van der Waals surface area contributed by atoms with Crippen LogP contribution in [-0.2, 0) is 4.79 Å². The van der Waals surface area contributed by atoms with E-state index in [1.54, 1.807) is 30.0 Å². The highest BCUT2D eigenvalue weighted by molar-refractivity contribution is 6.29. The summed E-state index contributed by atoms with van der Waals surface area (Å²) in [4.78, 5) is 29.5. The van der Waals surface area contributed by atoms with Gasteiger partial charge in [0, 0.05) is 13.1 Å². The summed E-state index contributed by atoms with van der Waals surface area (Å²) in [5.41, 5.74) is 0.201. The van der Waals surface area contributed by atoms with Crippen LogP contribution in [0.25, 0.3) is 0 Å². The number of pyridine rings is 1. The third kappa shape index (κ3) is 4.21. The summed E-state index contributed by atoms with van der Waals surface area (Å²) >= 11 is 5.72. The van der Waals surface area contributed by atoms with Crippen LogP contribution in [0.3, 0.4) is 0 Å². The molecule has 0 aliphatic rings. The SMILES string of the molecule is CCN(CC)C(=O)C(C)NC(=O)c1cccc(Cl)n1. The van der Waals surface area contributed by atoms with E-state index >= 15 is 0 Å². The van der Waals surface area contributed by atoms with E-state index in [2.05, 4.69) is 10.3 Å². The van der Waals surface area contributed by atoms with Crippen molar-refractivity contribution in [2.45, 2.75) is 26.8 Å². The lowest BCUT2D eigenvalue weighted by molar-refractivity contribution is -0.132. The van der Waals surface area contributed by atoms with Crippen LogP contribution < -0.4 is 5.32 Å². The van der Waals surface area contributed by atoms with E-state index in [-0.39, 0.29) is 16.8 Å². The van der Waals surface area contributed by atoms with E-state index in [4.69, 9.17) is 11.6 Å². The number of nitrogens with zero attached hydrogens (tertiary/aromatic N) is 2. The predicted molar refractivity (Wildman–Crippen MR) is 74.1 cm³/mol. The number of amides is 2. The van der Waals surface area contributed by atoms with E-state index in [0.29, 0.717) is 13.1 Å². The lowest BCUT2D eigenvalue weighted by Crippen LogP contribution is -2.47. The second kappa shape index (κ2) is 7.09. The molecule has 1 aromatic rings. The van der Waals surface area contributed by atoms with Crippen molar-refractivity contribution in [2.75, 3.05) is 13.1 Å². The molecule has 0 radical (unpaired) electrons. The zero-order valence-electron chi connectivity index (χ0n) is 11.3. The first-order valence-electron chi connectivity index (χ1n) is 6.21. The van der Waals surface area contributed by atoms with Gasteiger partial charge in [0.1, 0.15) is 16.9 Å². The third-order valence-corrected chi connectivity index (χ3v) is 2.95. The third-order valence-electron chi connectivity index (χ3n) is 2.74. The van der Waals surface area contributed by atoms with Gasteiger partial charge in [0.05, 0.1) is 0 Å². The number of halogens is 1. The molecule has 2 amide bonds. The molecule has 6 heteroatoms. The standard InChI is InChI=1S/C13H18ClN3O2/c1-4-17(5-2)13(19)9(3)15-12(18)10-7-6-8-11(14)16-10/h6-9H,4-5H2,1-3H3,(H,15,18). The summed E-state index contributed by atoms with van der Waals surface area (Å²) in [5, 5.41) is 2.87. The van der Waals surface area contributed by atoms with Gasteiger partial charge in [-0.1, -0.05) is 17.7 Å². The average molecular weight is 284 g/mol. The van der Waals surface area contributed by atoms with Crippen molar-refractivity contribution in [3.63, 3.8) is 0 Å². The molecular formula is C13H18ClN3O2. The number of rotatable bonds is 5. The normalized spacial score (nSPS) is 11.8. The Bertz CT molecular complexity index is 461. The Morgan fingerprint density at radius 2 is 2.00 bits per heavy atom. The lowest BCUT2D eigenvalue weighted by Gasteiger charge is -2.23. The number of carbonyl (C=O) groups is 2. The maximum Gasteiger partial charge on any atom is 0.270 e. The van der Waals surface area contributed by atoms with Crippen molar-refractivity contribution >= 4 is 23.4 Å². The molecule has 0 aromatic carbocycles. The monoisotopic (exact) mass is 283 g/mol. The van der Waals surface area contributed by atoms with Gasteiger partial charge in [0.25, 0.3) is 5.91 Å². The Balaban J connectivity index is 2.69. The number of likely N-dealkylation sites (N-methyl/N-ethyl adjacent to an activating group) is 1. The summed E-state index contributed by atoms with van der Waals surface area (Å²) in [6.07, 6.45) is 0. The van der Waals surface area contributed by atoms with E-state index in [0.717, 1.165) is 0 Å². The highest BCUT2D eigenvalue weighted by atomic mass is 35.5. The van der Waals surface area contributed by atoms with Gasteiger partial charge < -0.3 is 10.2 Å². The topological polar surface area (TPSA) is 62.3 Å². The van der Waals surface area contributed by atoms with Crippen LogP contribution in [0.2, 0.25) is 5.15 Å². The smallest absolute Gasteiger partial charge is 0.270 e. The zero-order chi connectivity index (χ0) is 14.4. The number of aromatic nitrogens is 1.